The second-order valence-corrected chi connectivity index (χ2v) is 3.02. The molecule has 0 radical (unpaired) electrons. The standard InChI is InChI=1S/C10H5F3N2/c11-10(12,13)8-3-5-15-4-1-2-7(6-14)9(8)15/h1-5H. The van der Waals surface area contributed by atoms with Gasteiger partial charge in [-0.25, -0.2) is 0 Å². The lowest BCUT2D eigenvalue weighted by Crippen LogP contribution is -2.04. The second kappa shape index (κ2) is 3.02. The van der Waals surface area contributed by atoms with Crippen LogP contribution in [-0.2, 0) is 6.18 Å². The molecular weight excluding hydrogens is 205 g/mol. The van der Waals surface area contributed by atoms with Crippen LogP contribution < -0.4 is 0 Å². The van der Waals surface area contributed by atoms with Crippen LogP contribution in [0.3, 0.4) is 0 Å². The summed E-state index contributed by atoms with van der Waals surface area (Å²) in [6.07, 6.45) is -1.66. The Balaban J connectivity index is 2.85. The molecular formula is C10H5F3N2. The predicted octanol–water partition coefficient (Wildman–Crippen LogP) is 2.83. The Morgan fingerprint density at radius 3 is 2.53 bits per heavy atom. The van der Waals surface area contributed by atoms with Crippen molar-refractivity contribution in [2.24, 2.45) is 0 Å². The molecule has 2 aromatic rings. The number of hydrogen-bond acceptors (Lipinski definition) is 1. The number of hydrogen-bond donors (Lipinski definition) is 0. The van der Waals surface area contributed by atoms with E-state index in [4.69, 9.17) is 5.26 Å². The fraction of sp³-hybridized carbons (Fsp3) is 0.100. The molecule has 2 nitrogen and oxygen atoms in total. The van der Waals surface area contributed by atoms with Crippen LogP contribution in [0.1, 0.15) is 11.1 Å². The first-order valence-electron chi connectivity index (χ1n) is 4.11. The van der Waals surface area contributed by atoms with Crippen LogP contribution in [-0.4, -0.2) is 4.40 Å². The zero-order valence-corrected chi connectivity index (χ0v) is 7.42. The highest BCUT2D eigenvalue weighted by molar-refractivity contribution is 5.67. The molecule has 0 amide bonds. The van der Waals surface area contributed by atoms with Crippen LogP contribution in [0.15, 0.2) is 30.6 Å². The Labute approximate surface area is 83.2 Å². The quantitative estimate of drug-likeness (QED) is 0.657. The van der Waals surface area contributed by atoms with Gasteiger partial charge in [-0.1, -0.05) is 0 Å². The van der Waals surface area contributed by atoms with Crippen molar-refractivity contribution in [2.75, 3.05) is 0 Å². The molecule has 0 aliphatic rings. The number of aromatic nitrogens is 1. The fourth-order valence-corrected chi connectivity index (χ4v) is 1.49. The molecule has 2 rings (SSSR count). The molecule has 15 heavy (non-hydrogen) atoms. The van der Waals surface area contributed by atoms with Gasteiger partial charge >= 0.3 is 6.18 Å². The summed E-state index contributed by atoms with van der Waals surface area (Å²) in [4.78, 5) is 0. The van der Waals surface area contributed by atoms with Crippen molar-refractivity contribution in [2.45, 2.75) is 6.18 Å². The normalized spacial score (nSPS) is 11.6. The van der Waals surface area contributed by atoms with E-state index in [1.54, 1.807) is 6.07 Å². The average molecular weight is 210 g/mol. The van der Waals surface area contributed by atoms with Gasteiger partial charge in [0.2, 0.25) is 0 Å². The smallest absolute Gasteiger partial charge is 0.322 e. The molecule has 0 saturated carbocycles. The maximum atomic E-state index is 12.5. The van der Waals surface area contributed by atoms with Crippen molar-refractivity contribution in [3.8, 4) is 6.07 Å². The van der Waals surface area contributed by atoms with Gasteiger partial charge in [-0.2, -0.15) is 18.4 Å². The molecule has 0 unspecified atom stereocenters. The second-order valence-electron chi connectivity index (χ2n) is 3.02. The van der Waals surface area contributed by atoms with E-state index < -0.39 is 11.7 Å². The summed E-state index contributed by atoms with van der Waals surface area (Å²) < 4.78 is 38.9. The number of halogens is 3. The molecule has 2 heterocycles. The Hall–Kier alpha value is -1.96. The lowest BCUT2D eigenvalue weighted by atomic mass is 10.2. The van der Waals surface area contributed by atoms with Crippen molar-refractivity contribution in [1.82, 2.24) is 4.40 Å². The van der Waals surface area contributed by atoms with Gasteiger partial charge in [0, 0.05) is 12.4 Å². The van der Waals surface area contributed by atoms with Gasteiger partial charge in [0.15, 0.2) is 0 Å². The van der Waals surface area contributed by atoms with E-state index in [9.17, 15) is 13.2 Å². The van der Waals surface area contributed by atoms with Crippen LogP contribution in [0.5, 0.6) is 0 Å². The third kappa shape index (κ3) is 1.44. The van der Waals surface area contributed by atoms with E-state index in [1.807, 2.05) is 0 Å². The first kappa shape index (κ1) is 9.59. The van der Waals surface area contributed by atoms with E-state index in [2.05, 4.69) is 0 Å². The van der Waals surface area contributed by atoms with E-state index in [-0.39, 0.29) is 11.1 Å². The molecule has 2 aromatic heterocycles. The number of nitrogens with zero attached hydrogens (tertiary/aromatic N) is 2. The topological polar surface area (TPSA) is 28.2 Å². The molecule has 0 aromatic carbocycles. The maximum absolute atomic E-state index is 12.5. The zero-order chi connectivity index (χ0) is 11.1. The van der Waals surface area contributed by atoms with Gasteiger partial charge in [-0.05, 0) is 18.2 Å². The van der Waals surface area contributed by atoms with Crippen LogP contribution >= 0.6 is 0 Å². The van der Waals surface area contributed by atoms with Gasteiger partial charge in [0.25, 0.3) is 0 Å². The van der Waals surface area contributed by atoms with Crippen molar-refractivity contribution >= 4 is 5.52 Å². The highest BCUT2D eigenvalue weighted by Crippen LogP contribution is 2.34. The van der Waals surface area contributed by atoms with Gasteiger partial charge in [0.05, 0.1) is 16.6 Å². The molecule has 0 aliphatic carbocycles. The number of rotatable bonds is 0. The van der Waals surface area contributed by atoms with Crippen LogP contribution in [0, 0.1) is 11.3 Å². The Kier molecular flexibility index (Phi) is 1.93. The third-order valence-corrected chi connectivity index (χ3v) is 2.11. The van der Waals surface area contributed by atoms with Crippen LogP contribution in [0.2, 0.25) is 0 Å². The molecule has 0 aliphatic heterocycles. The number of nitriles is 1. The fourth-order valence-electron chi connectivity index (χ4n) is 1.49. The minimum Gasteiger partial charge on any atom is -0.322 e. The summed E-state index contributed by atoms with van der Waals surface area (Å²) in [5.74, 6) is 0. The molecule has 0 atom stereocenters. The van der Waals surface area contributed by atoms with E-state index >= 15 is 0 Å². The number of alkyl halides is 3. The van der Waals surface area contributed by atoms with E-state index in [1.165, 1.54) is 28.9 Å². The first-order chi connectivity index (χ1) is 7.04. The van der Waals surface area contributed by atoms with E-state index in [0.29, 0.717) is 0 Å². The van der Waals surface area contributed by atoms with Crippen LogP contribution in [0.4, 0.5) is 13.2 Å². The van der Waals surface area contributed by atoms with Crippen molar-refractivity contribution in [1.29, 1.82) is 5.26 Å². The number of fused-ring (bicyclic) bond motifs is 1. The third-order valence-electron chi connectivity index (χ3n) is 2.11. The van der Waals surface area contributed by atoms with Gasteiger partial charge in [-0.3, -0.25) is 0 Å². The number of pyridine rings is 1. The summed E-state index contributed by atoms with van der Waals surface area (Å²) in [5, 5.41) is 8.71. The van der Waals surface area contributed by atoms with Gasteiger partial charge < -0.3 is 4.40 Å². The summed E-state index contributed by atoms with van der Waals surface area (Å²) in [7, 11) is 0. The highest BCUT2D eigenvalue weighted by Gasteiger charge is 2.34. The van der Waals surface area contributed by atoms with Crippen LogP contribution in [0.25, 0.3) is 5.52 Å². The SMILES string of the molecule is N#Cc1cccn2ccc(C(F)(F)F)c12. The highest BCUT2D eigenvalue weighted by atomic mass is 19.4. The predicted molar refractivity (Wildman–Crippen MR) is 47.1 cm³/mol. The molecule has 76 valence electrons. The summed E-state index contributed by atoms with van der Waals surface area (Å²) in [6.45, 7) is 0. The lowest BCUT2D eigenvalue weighted by Gasteiger charge is -2.05. The summed E-state index contributed by atoms with van der Waals surface area (Å²) in [6, 6.07) is 5.62. The average Bonchev–Trinajstić information content (AvgIpc) is 2.59. The Bertz CT molecular complexity index is 546. The maximum Gasteiger partial charge on any atom is 0.418 e. The molecule has 0 fully saturated rings. The monoisotopic (exact) mass is 210 g/mol. The van der Waals surface area contributed by atoms with Crippen molar-refractivity contribution in [3.05, 3.63) is 41.7 Å². The zero-order valence-electron chi connectivity index (χ0n) is 7.42. The van der Waals surface area contributed by atoms with Crippen molar-refractivity contribution < 1.29 is 13.2 Å². The molecule has 0 N–H and O–H groups in total. The molecule has 0 saturated heterocycles. The minimum absolute atomic E-state index is 0.0230. The van der Waals surface area contributed by atoms with Gasteiger partial charge in [-0.15, -0.1) is 0 Å². The minimum atomic E-state index is -4.43. The summed E-state index contributed by atoms with van der Waals surface area (Å²) >= 11 is 0. The van der Waals surface area contributed by atoms with Gasteiger partial charge in [0.1, 0.15) is 6.07 Å². The molecule has 0 spiro atoms. The Morgan fingerprint density at radius 1 is 1.20 bits per heavy atom. The molecule has 5 heteroatoms. The summed E-state index contributed by atoms with van der Waals surface area (Å²) in [5.41, 5.74) is -0.845. The van der Waals surface area contributed by atoms with Crippen molar-refractivity contribution in [3.63, 3.8) is 0 Å². The molecule has 0 bridgehead atoms. The van der Waals surface area contributed by atoms with E-state index in [0.717, 1.165) is 6.07 Å². The lowest BCUT2D eigenvalue weighted by molar-refractivity contribution is -0.136. The Morgan fingerprint density at radius 2 is 1.93 bits per heavy atom. The first-order valence-corrected chi connectivity index (χ1v) is 4.11. The largest absolute Gasteiger partial charge is 0.418 e.